The lowest BCUT2D eigenvalue weighted by molar-refractivity contribution is -0.117. The highest BCUT2D eigenvalue weighted by molar-refractivity contribution is 6.06. The van der Waals surface area contributed by atoms with Crippen LogP contribution in [0.2, 0.25) is 0 Å². The van der Waals surface area contributed by atoms with E-state index < -0.39 is 6.04 Å². The number of fused-ring (bicyclic) bond motifs is 1. The number of carbonyl (C=O) groups is 3. The number of aromatic nitrogens is 1. The van der Waals surface area contributed by atoms with Crippen LogP contribution in [0.1, 0.15) is 17.3 Å². The predicted molar refractivity (Wildman–Crippen MR) is 125 cm³/mol. The van der Waals surface area contributed by atoms with Crippen molar-refractivity contribution in [3.63, 3.8) is 0 Å². The molecule has 33 heavy (non-hydrogen) atoms. The van der Waals surface area contributed by atoms with Crippen LogP contribution < -0.4 is 15.4 Å². The minimum absolute atomic E-state index is 0.0569. The minimum Gasteiger partial charge on any atom is -0.497 e. The number of carbonyl (C=O) groups excluding carboxylic acids is 3. The number of para-hydroxylation sites is 1. The first-order valence-electron chi connectivity index (χ1n) is 10.8. The number of H-pyrrole nitrogens is 1. The van der Waals surface area contributed by atoms with E-state index in [1.165, 1.54) is 0 Å². The van der Waals surface area contributed by atoms with Crippen molar-refractivity contribution >= 4 is 34.4 Å². The van der Waals surface area contributed by atoms with Gasteiger partial charge in [0.2, 0.25) is 5.91 Å². The Hall–Kier alpha value is -4.01. The largest absolute Gasteiger partial charge is 0.497 e. The van der Waals surface area contributed by atoms with Crippen molar-refractivity contribution in [2.24, 2.45) is 0 Å². The van der Waals surface area contributed by atoms with E-state index in [0.717, 1.165) is 10.9 Å². The van der Waals surface area contributed by atoms with Gasteiger partial charge in [-0.25, -0.2) is 4.79 Å². The second-order valence-electron chi connectivity index (χ2n) is 7.92. The number of rotatable bonds is 5. The molecule has 0 spiro atoms. The maximum atomic E-state index is 13.0. The summed E-state index contributed by atoms with van der Waals surface area (Å²) in [5, 5.41) is 6.39. The number of nitrogens with one attached hydrogen (secondary N) is 3. The summed E-state index contributed by atoms with van der Waals surface area (Å²) in [6.07, 6.45) is 1.73. The summed E-state index contributed by atoms with van der Waals surface area (Å²) in [6.45, 7) is 3.27. The zero-order chi connectivity index (χ0) is 23.4. The van der Waals surface area contributed by atoms with Crippen LogP contribution in [0.5, 0.6) is 5.75 Å². The molecular formula is C24H27N5O4. The van der Waals surface area contributed by atoms with E-state index in [-0.39, 0.29) is 17.8 Å². The first kappa shape index (κ1) is 22.2. The molecule has 0 saturated carbocycles. The van der Waals surface area contributed by atoms with Gasteiger partial charge < -0.3 is 30.2 Å². The molecule has 1 unspecified atom stereocenters. The molecule has 0 radical (unpaired) electrons. The predicted octanol–water partition coefficient (Wildman–Crippen LogP) is 2.67. The molecule has 1 atom stereocenters. The highest BCUT2D eigenvalue weighted by atomic mass is 16.5. The van der Waals surface area contributed by atoms with Crippen LogP contribution in [0.25, 0.3) is 10.9 Å². The molecule has 2 heterocycles. The van der Waals surface area contributed by atoms with Crippen molar-refractivity contribution in [3.05, 3.63) is 60.3 Å². The van der Waals surface area contributed by atoms with Gasteiger partial charge in [-0.05, 0) is 25.1 Å². The molecule has 3 N–H and O–H groups in total. The standard InChI is InChI=1S/C24H27N5O4/c1-16(22(30)27-17-6-5-7-18(14-17)33-2)26-24(32)29-12-10-28(11-13-29)23(31)20-15-25-21-9-4-3-8-19(20)21/h3-9,14-16,25H,10-13H2,1-2H3,(H,26,32)(H,27,30). The van der Waals surface area contributed by atoms with Crippen molar-refractivity contribution in [1.29, 1.82) is 0 Å². The zero-order valence-corrected chi connectivity index (χ0v) is 18.6. The first-order chi connectivity index (χ1) is 16.0. The number of benzene rings is 2. The summed E-state index contributed by atoms with van der Waals surface area (Å²) < 4.78 is 5.15. The number of methoxy groups -OCH3 is 1. The highest BCUT2D eigenvalue weighted by Gasteiger charge is 2.27. The van der Waals surface area contributed by atoms with Gasteiger partial charge in [0.15, 0.2) is 0 Å². The normalized spacial score (nSPS) is 14.6. The van der Waals surface area contributed by atoms with Gasteiger partial charge in [0.25, 0.3) is 5.91 Å². The molecule has 1 saturated heterocycles. The molecular weight excluding hydrogens is 422 g/mol. The van der Waals surface area contributed by atoms with Crippen molar-refractivity contribution in [2.75, 3.05) is 38.6 Å². The average molecular weight is 450 g/mol. The summed E-state index contributed by atoms with van der Waals surface area (Å²) in [6, 6.07) is 13.6. The molecule has 1 aliphatic rings. The Morgan fingerprint density at radius 1 is 1.00 bits per heavy atom. The third-order valence-electron chi connectivity index (χ3n) is 5.74. The van der Waals surface area contributed by atoms with Gasteiger partial charge in [-0.15, -0.1) is 0 Å². The molecule has 1 fully saturated rings. The Morgan fingerprint density at radius 2 is 1.73 bits per heavy atom. The van der Waals surface area contributed by atoms with E-state index in [1.807, 2.05) is 24.3 Å². The molecule has 1 aliphatic heterocycles. The number of ether oxygens (including phenoxy) is 1. The minimum atomic E-state index is -0.727. The lowest BCUT2D eigenvalue weighted by Crippen LogP contribution is -2.55. The molecule has 9 heteroatoms. The van der Waals surface area contributed by atoms with Crippen LogP contribution >= 0.6 is 0 Å². The quantitative estimate of drug-likeness (QED) is 0.557. The first-order valence-corrected chi connectivity index (χ1v) is 10.8. The second kappa shape index (κ2) is 9.64. The third kappa shape index (κ3) is 4.92. The van der Waals surface area contributed by atoms with Crippen molar-refractivity contribution in [3.8, 4) is 5.75 Å². The van der Waals surface area contributed by atoms with Gasteiger partial charge in [-0.2, -0.15) is 0 Å². The topological polar surface area (TPSA) is 107 Å². The number of piperazine rings is 1. The molecule has 3 aromatic rings. The molecule has 172 valence electrons. The Labute approximate surface area is 191 Å². The molecule has 9 nitrogen and oxygen atoms in total. The summed E-state index contributed by atoms with van der Waals surface area (Å²) in [4.78, 5) is 44.6. The van der Waals surface area contributed by atoms with Crippen LogP contribution in [0.3, 0.4) is 0 Å². The fraction of sp³-hybridized carbons (Fsp3) is 0.292. The Bertz CT molecular complexity index is 1170. The molecule has 0 aliphatic carbocycles. The van der Waals surface area contributed by atoms with Gasteiger partial charge in [-0.1, -0.05) is 24.3 Å². The fourth-order valence-electron chi connectivity index (χ4n) is 3.82. The zero-order valence-electron chi connectivity index (χ0n) is 18.6. The van der Waals surface area contributed by atoms with Crippen LogP contribution in [0, 0.1) is 0 Å². The van der Waals surface area contributed by atoms with Crippen LogP contribution in [0.15, 0.2) is 54.7 Å². The van der Waals surface area contributed by atoms with Gasteiger partial charge >= 0.3 is 6.03 Å². The lowest BCUT2D eigenvalue weighted by atomic mass is 10.1. The maximum absolute atomic E-state index is 13.0. The monoisotopic (exact) mass is 449 g/mol. The summed E-state index contributed by atoms with van der Waals surface area (Å²) in [7, 11) is 1.55. The van der Waals surface area contributed by atoms with E-state index in [9.17, 15) is 14.4 Å². The van der Waals surface area contributed by atoms with Crippen molar-refractivity contribution in [2.45, 2.75) is 13.0 Å². The smallest absolute Gasteiger partial charge is 0.318 e. The number of hydrogen-bond donors (Lipinski definition) is 3. The molecule has 4 rings (SSSR count). The SMILES string of the molecule is COc1cccc(NC(=O)C(C)NC(=O)N2CCN(C(=O)c3c[nH]c4ccccc34)CC2)c1. The highest BCUT2D eigenvalue weighted by Crippen LogP contribution is 2.20. The number of aromatic amines is 1. The second-order valence-corrected chi connectivity index (χ2v) is 7.92. The average Bonchev–Trinajstić information content (AvgIpc) is 3.28. The van der Waals surface area contributed by atoms with Crippen LogP contribution in [-0.2, 0) is 4.79 Å². The molecule has 2 aromatic carbocycles. The Kier molecular flexibility index (Phi) is 6.48. The van der Waals surface area contributed by atoms with E-state index in [0.29, 0.717) is 43.2 Å². The number of amides is 4. The van der Waals surface area contributed by atoms with Gasteiger partial charge in [0.1, 0.15) is 11.8 Å². The van der Waals surface area contributed by atoms with E-state index in [4.69, 9.17) is 4.74 Å². The van der Waals surface area contributed by atoms with Crippen LogP contribution in [0.4, 0.5) is 10.5 Å². The molecule has 1 aromatic heterocycles. The lowest BCUT2D eigenvalue weighted by Gasteiger charge is -2.35. The molecule has 4 amide bonds. The van der Waals surface area contributed by atoms with Crippen molar-refractivity contribution in [1.82, 2.24) is 20.1 Å². The van der Waals surface area contributed by atoms with Gasteiger partial charge in [0.05, 0.1) is 12.7 Å². The Morgan fingerprint density at radius 3 is 2.48 bits per heavy atom. The van der Waals surface area contributed by atoms with E-state index >= 15 is 0 Å². The number of nitrogens with zero attached hydrogens (tertiary/aromatic N) is 2. The van der Waals surface area contributed by atoms with E-state index in [1.54, 1.807) is 54.3 Å². The van der Waals surface area contributed by atoms with Crippen molar-refractivity contribution < 1.29 is 19.1 Å². The summed E-state index contributed by atoms with van der Waals surface area (Å²) in [5.41, 5.74) is 2.14. The number of hydrogen-bond acceptors (Lipinski definition) is 4. The fourth-order valence-corrected chi connectivity index (χ4v) is 3.82. The van der Waals surface area contributed by atoms with Crippen LogP contribution in [-0.4, -0.2) is 72.0 Å². The van der Waals surface area contributed by atoms with E-state index in [2.05, 4.69) is 15.6 Å². The number of anilines is 1. The summed E-state index contributed by atoms with van der Waals surface area (Å²) in [5.74, 6) is 0.243. The van der Waals surface area contributed by atoms with Gasteiger partial charge in [0, 0.05) is 55.0 Å². The van der Waals surface area contributed by atoms with Gasteiger partial charge in [-0.3, -0.25) is 9.59 Å². The third-order valence-corrected chi connectivity index (χ3v) is 5.74. The number of urea groups is 1. The molecule has 0 bridgehead atoms. The maximum Gasteiger partial charge on any atom is 0.318 e. The Balaban J connectivity index is 1.29. The summed E-state index contributed by atoms with van der Waals surface area (Å²) >= 11 is 0.